The summed E-state index contributed by atoms with van der Waals surface area (Å²) in [7, 11) is 0. The van der Waals surface area contributed by atoms with E-state index in [9.17, 15) is 27.9 Å². The average Bonchev–Trinajstić information content (AvgIpc) is 3.44. The molecule has 0 spiro atoms. The van der Waals surface area contributed by atoms with Crippen molar-refractivity contribution in [3.05, 3.63) is 70.9 Å². The molecule has 34 heavy (non-hydrogen) atoms. The van der Waals surface area contributed by atoms with E-state index in [0.29, 0.717) is 24.1 Å². The highest BCUT2D eigenvalue weighted by atomic mass is 19.3. The van der Waals surface area contributed by atoms with Crippen LogP contribution in [0.15, 0.2) is 46.9 Å². The third-order valence-electron chi connectivity index (χ3n) is 6.36. The number of nitrogens with zero attached hydrogens (tertiary/aromatic N) is 4. The van der Waals surface area contributed by atoms with Crippen molar-refractivity contribution >= 4 is 12.0 Å². The molecule has 5 rings (SSSR count). The summed E-state index contributed by atoms with van der Waals surface area (Å²) in [5.41, 5.74) is 2.24. The molecule has 8 nitrogen and oxygen atoms in total. The van der Waals surface area contributed by atoms with Gasteiger partial charge >= 0.3 is 12.5 Å². The first-order valence-electron chi connectivity index (χ1n) is 10.6. The Labute approximate surface area is 191 Å². The monoisotopic (exact) mass is 472 g/mol. The number of carboxylic acid groups (broad SMARTS) is 1. The minimum absolute atomic E-state index is 0.108. The van der Waals surface area contributed by atoms with Crippen LogP contribution >= 0.6 is 0 Å². The summed E-state index contributed by atoms with van der Waals surface area (Å²) in [4.78, 5) is 28.0. The molecule has 1 N–H and O–H groups in total. The molecule has 0 unspecified atom stereocenters. The van der Waals surface area contributed by atoms with E-state index < -0.39 is 24.2 Å². The van der Waals surface area contributed by atoms with Crippen LogP contribution in [0, 0.1) is 5.82 Å². The molecule has 0 radical (unpaired) electrons. The van der Waals surface area contributed by atoms with E-state index >= 15 is 0 Å². The van der Waals surface area contributed by atoms with E-state index in [-0.39, 0.29) is 36.8 Å². The summed E-state index contributed by atoms with van der Waals surface area (Å²) in [5, 5.41) is 16.4. The third-order valence-corrected chi connectivity index (χ3v) is 6.36. The van der Waals surface area contributed by atoms with Gasteiger partial charge in [0.05, 0.1) is 0 Å². The maximum absolute atomic E-state index is 13.5. The smallest absolute Gasteiger partial charge is 0.407 e. The number of piperidine rings is 1. The molecule has 3 aromatic rings. The molecule has 1 aromatic heterocycles. The van der Waals surface area contributed by atoms with Crippen LogP contribution in [0.4, 0.5) is 18.0 Å². The Morgan fingerprint density at radius 3 is 2.59 bits per heavy atom. The summed E-state index contributed by atoms with van der Waals surface area (Å²) in [6, 6.07) is 10.4. The van der Waals surface area contributed by atoms with Gasteiger partial charge < -0.3 is 19.3 Å². The van der Waals surface area contributed by atoms with Crippen LogP contribution in [-0.2, 0) is 6.54 Å². The lowest BCUT2D eigenvalue weighted by Crippen LogP contribution is -2.51. The molecule has 2 aliphatic heterocycles. The minimum Gasteiger partial charge on any atom is -0.465 e. The first kappa shape index (κ1) is 21.9. The molecule has 0 bridgehead atoms. The number of alkyl halides is 2. The standard InChI is InChI=1S/C23H19F3N4O4/c24-15-5-3-12(4-6-15)17-11-29(23(32)33)8-7-18(17)30-10-14-2-1-13(9-16(14)22(30)31)20-27-28-21(34-20)19(25)26/h1-6,9,17-19H,7-8,10-11H2,(H,32,33)/t17-,18+/m0/s1. The Hall–Kier alpha value is -3.89. The van der Waals surface area contributed by atoms with Crippen LogP contribution in [0.1, 0.15) is 46.1 Å². The molecular formula is C23H19F3N4O4. The second-order valence-electron chi connectivity index (χ2n) is 8.29. The zero-order valence-electron chi connectivity index (χ0n) is 17.7. The molecule has 3 heterocycles. The molecule has 0 saturated carbocycles. The van der Waals surface area contributed by atoms with Gasteiger partial charge in [-0.2, -0.15) is 8.78 Å². The van der Waals surface area contributed by atoms with Crippen molar-refractivity contribution in [1.29, 1.82) is 0 Å². The fourth-order valence-electron chi connectivity index (χ4n) is 4.69. The quantitative estimate of drug-likeness (QED) is 0.608. The lowest BCUT2D eigenvalue weighted by molar-refractivity contribution is 0.0539. The van der Waals surface area contributed by atoms with Crippen LogP contribution in [0.25, 0.3) is 11.5 Å². The van der Waals surface area contributed by atoms with Gasteiger partial charge in [0.2, 0.25) is 5.89 Å². The second-order valence-corrected chi connectivity index (χ2v) is 8.29. The van der Waals surface area contributed by atoms with Gasteiger partial charge in [-0.05, 0) is 41.8 Å². The van der Waals surface area contributed by atoms with E-state index in [4.69, 9.17) is 4.42 Å². The number of hydrogen-bond donors (Lipinski definition) is 1. The predicted octanol–water partition coefficient (Wildman–Crippen LogP) is 4.31. The number of aromatic nitrogens is 2. The number of likely N-dealkylation sites (tertiary alicyclic amines) is 1. The molecule has 1 fully saturated rings. The number of fused-ring (bicyclic) bond motifs is 1. The van der Waals surface area contributed by atoms with Gasteiger partial charge in [0.15, 0.2) is 0 Å². The van der Waals surface area contributed by atoms with Crippen molar-refractivity contribution in [3.63, 3.8) is 0 Å². The molecule has 2 amide bonds. The fourth-order valence-corrected chi connectivity index (χ4v) is 4.69. The number of carbonyl (C=O) groups is 2. The summed E-state index contributed by atoms with van der Waals surface area (Å²) >= 11 is 0. The second kappa shape index (κ2) is 8.47. The van der Waals surface area contributed by atoms with Crippen LogP contribution in [0.2, 0.25) is 0 Å². The summed E-state index contributed by atoms with van der Waals surface area (Å²) in [6.07, 6.45) is -3.52. The summed E-state index contributed by atoms with van der Waals surface area (Å²) in [6.45, 7) is 0.757. The van der Waals surface area contributed by atoms with E-state index in [1.165, 1.54) is 17.0 Å². The number of carbonyl (C=O) groups excluding carboxylic acids is 1. The third kappa shape index (κ3) is 3.87. The Morgan fingerprint density at radius 1 is 1.15 bits per heavy atom. The number of halogens is 3. The molecule has 176 valence electrons. The SMILES string of the molecule is O=C(O)N1CC[C@@H](N2Cc3ccc(-c4nnc(C(F)F)o4)cc3C2=O)[C@H](c2ccc(F)cc2)C1. The van der Waals surface area contributed by atoms with Crippen LogP contribution in [-0.4, -0.2) is 56.2 Å². The normalized spacial score (nSPS) is 20.2. The van der Waals surface area contributed by atoms with Gasteiger partial charge in [-0.1, -0.05) is 18.2 Å². The molecule has 2 aromatic carbocycles. The van der Waals surface area contributed by atoms with Crippen LogP contribution in [0.3, 0.4) is 0 Å². The minimum atomic E-state index is -2.90. The highest BCUT2D eigenvalue weighted by molar-refractivity contribution is 5.99. The zero-order valence-corrected chi connectivity index (χ0v) is 17.7. The summed E-state index contributed by atoms with van der Waals surface area (Å²) < 4.78 is 44.1. The van der Waals surface area contributed by atoms with Gasteiger partial charge in [0.1, 0.15) is 5.82 Å². The van der Waals surface area contributed by atoms with E-state index in [0.717, 1.165) is 11.1 Å². The molecule has 11 heteroatoms. The Balaban J connectivity index is 1.44. The lowest BCUT2D eigenvalue weighted by atomic mass is 9.85. The van der Waals surface area contributed by atoms with Crippen molar-refractivity contribution in [2.24, 2.45) is 0 Å². The zero-order chi connectivity index (χ0) is 24.0. The first-order valence-corrected chi connectivity index (χ1v) is 10.6. The fraction of sp³-hybridized carbons (Fsp3) is 0.304. The van der Waals surface area contributed by atoms with Gasteiger partial charge in [-0.3, -0.25) is 4.79 Å². The molecule has 2 atom stereocenters. The van der Waals surface area contributed by atoms with Crippen molar-refractivity contribution in [1.82, 2.24) is 20.0 Å². The maximum Gasteiger partial charge on any atom is 0.407 e. The molecule has 2 aliphatic rings. The Kier molecular flexibility index (Phi) is 5.46. The van der Waals surface area contributed by atoms with Crippen molar-refractivity contribution in [3.8, 4) is 11.5 Å². The number of benzene rings is 2. The van der Waals surface area contributed by atoms with Crippen molar-refractivity contribution in [2.75, 3.05) is 13.1 Å². The first-order chi connectivity index (χ1) is 16.3. The lowest BCUT2D eigenvalue weighted by Gasteiger charge is -2.42. The largest absolute Gasteiger partial charge is 0.465 e. The van der Waals surface area contributed by atoms with Crippen molar-refractivity contribution < 1.29 is 32.3 Å². The van der Waals surface area contributed by atoms with E-state index in [1.54, 1.807) is 35.2 Å². The van der Waals surface area contributed by atoms with Gasteiger partial charge in [0.25, 0.3) is 11.8 Å². The molecular weight excluding hydrogens is 453 g/mol. The highest BCUT2D eigenvalue weighted by Crippen LogP contribution is 2.37. The number of amides is 2. The van der Waals surface area contributed by atoms with Gasteiger partial charge in [-0.15, -0.1) is 10.2 Å². The average molecular weight is 472 g/mol. The summed E-state index contributed by atoms with van der Waals surface area (Å²) in [5.74, 6) is -1.91. The maximum atomic E-state index is 13.5. The number of rotatable bonds is 4. The Bertz CT molecular complexity index is 1250. The predicted molar refractivity (Wildman–Crippen MR) is 112 cm³/mol. The Morgan fingerprint density at radius 2 is 1.91 bits per heavy atom. The van der Waals surface area contributed by atoms with Crippen LogP contribution in [0.5, 0.6) is 0 Å². The van der Waals surface area contributed by atoms with Gasteiger partial charge in [-0.25, -0.2) is 9.18 Å². The van der Waals surface area contributed by atoms with Crippen LogP contribution < -0.4 is 0 Å². The molecule has 1 saturated heterocycles. The topological polar surface area (TPSA) is 99.8 Å². The van der Waals surface area contributed by atoms with E-state index in [2.05, 4.69) is 10.2 Å². The number of hydrogen-bond acceptors (Lipinski definition) is 5. The van der Waals surface area contributed by atoms with E-state index in [1.807, 2.05) is 0 Å². The highest BCUT2D eigenvalue weighted by Gasteiger charge is 2.41. The van der Waals surface area contributed by atoms with Gasteiger partial charge in [0, 0.05) is 42.7 Å². The molecule has 0 aliphatic carbocycles. The van der Waals surface area contributed by atoms with Crippen molar-refractivity contribution in [2.45, 2.75) is 31.4 Å².